The first-order chi connectivity index (χ1) is 17.6. The molecule has 0 amide bonds. The molecule has 1 fully saturated rings. The van der Waals surface area contributed by atoms with Crippen molar-refractivity contribution >= 4 is 23.1 Å². The monoisotopic (exact) mass is 519 g/mol. The molecule has 1 aromatic carbocycles. The third-order valence-corrected chi connectivity index (χ3v) is 6.73. The van der Waals surface area contributed by atoms with Crippen LogP contribution in [-0.4, -0.2) is 47.5 Å². The van der Waals surface area contributed by atoms with Gasteiger partial charge in [0, 0.05) is 6.54 Å². The van der Waals surface area contributed by atoms with Crippen LogP contribution in [0.15, 0.2) is 64.0 Å². The normalized spacial score (nSPS) is 25.2. The van der Waals surface area contributed by atoms with E-state index in [0.29, 0.717) is 37.1 Å². The van der Waals surface area contributed by atoms with E-state index < -0.39 is 41.0 Å². The number of hydrogen-bond donors (Lipinski definition) is 2. The minimum Gasteiger partial charge on any atom is -0.481 e. The fourth-order valence-electron chi connectivity index (χ4n) is 4.71. The molecule has 1 saturated carbocycles. The number of nitrogens with zero attached hydrogens (tertiary/aromatic N) is 2. The van der Waals surface area contributed by atoms with Gasteiger partial charge in [-0.15, -0.1) is 0 Å². The molecule has 0 radical (unpaired) electrons. The number of aliphatic carboxylic acids is 1. The summed E-state index contributed by atoms with van der Waals surface area (Å²) >= 11 is 0. The lowest BCUT2D eigenvalue weighted by atomic mass is 9.87. The van der Waals surface area contributed by atoms with E-state index in [1.54, 1.807) is 12.2 Å². The van der Waals surface area contributed by atoms with Gasteiger partial charge in [-0.05, 0) is 61.1 Å². The summed E-state index contributed by atoms with van der Waals surface area (Å²) in [5.41, 5.74) is -0.550. The third kappa shape index (κ3) is 5.21. The predicted octanol–water partition coefficient (Wildman–Crippen LogP) is 5.08. The largest absolute Gasteiger partial charge is 0.481 e. The number of aliphatic imine (C=N–C) groups is 2. The van der Waals surface area contributed by atoms with Crippen LogP contribution >= 0.6 is 0 Å². The standard InChI is InChI=1S/C26H22F5N3O3/c27-18-9-15(14-3-8-22(32-12-14)37-17-5-1-13(2-6-17)25(35)36)10-19(28)23(18)24-33-20-7-4-16(26(29,30)31)11-21(20)34-24/h3-4,7-11,13,17,20,32H,1-2,5-6,12H2,(H,35,36). The van der Waals surface area contributed by atoms with Crippen LogP contribution in [0.2, 0.25) is 0 Å². The van der Waals surface area contributed by atoms with Gasteiger partial charge in [0.15, 0.2) is 11.7 Å². The van der Waals surface area contributed by atoms with Gasteiger partial charge in [-0.25, -0.2) is 13.8 Å². The second-order valence-electron chi connectivity index (χ2n) is 9.21. The van der Waals surface area contributed by atoms with Gasteiger partial charge < -0.3 is 15.2 Å². The Kier molecular flexibility index (Phi) is 6.47. The quantitative estimate of drug-likeness (QED) is 0.532. The number of halogens is 5. The number of allylic oxidation sites excluding steroid dienone is 4. The molecule has 2 heterocycles. The summed E-state index contributed by atoms with van der Waals surface area (Å²) < 4.78 is 74.8. The van der Waals surface area contributed by atoms with Crippen LogP contribution in [0.4, 0.5) is 22.0 Å². The molecule has 5 rings (SSSR count). The van der Waals surface area contributed by atoms with Crippen LogP contribution in [-0.2, 0) is 9.53 Å². The average molecular weight is 519 g/mol. The molecule has 0 saturated heterocycles. The number of nitrogens with one attached hydrogen (secondary N) is 1. The Labute approximate surface area is 208 Å². The Bertz CT molecular complexity index is 1290. The smallest absolute Gasteiger partial charge is 0.416 e. The van der Waals surface area contributed by atoms with E-state index in [9.17, 15) is 18.0 Å². The number of amidine groups is 1. The van der Waals surface area contributed by atoms with E-state index in [1.165, 1.54) is 6.08 Å². The summed E-state index contributed by atoms with van der Waals surface area (Å²) in [5, 5.41) is 12.2. The maximum atomic E-state index is 15.0. The van der Waals surface area contributed by atoms with Crippen LogP contribution in [0.3, 0.4) is 0 Å². The van der Waals surface area contributed by atoms with E-state index in [1.807, 2.05) is 0 Å². The number of benzene rings is 1. The highest BCUT2D eigenvalue weighted by molar-refractivity contribution is 6.18. The highest BCUT2D eigenvalue weighted by Gasteiger charge is 2.36. The molecule has 2 aliphatic heterocycles. The Morgan fingerprint density at radius 2 is 1.78 bits per heavy atom. The van der Waals surface area contributed by atoms with Crippen LogP contribution < -0.4 is 5.32 Å². The number of carboxylic acid groups (broad SMARTS) is 1. The van der Waals surface area contributed by atoms with Gasteiger partial charge in [-0.2, -0.15) is 13.2 Å². The highest BCUT2D eigenvalue weighted by Crippen LogP contribution is 2.32. The van der Waals surface area contributed by atoms with Gasteiger partial charge in [0.25, 0.3) is 0 Å². The topological polar surface area (TPSA) is 83.3 Å². The van der Waals surface area contributed by atoms with Crippen molar-refractivity contribution in [2.45, 2.75) is 44.0 Å². The van der Waals surface area contributed by atoms with Crippen molar-refractivity contribution in [2.24, 2.45) is 15.9 Å². The van der Waals surface area contributed by atoms with E-state index in [0.717, 1.165) is 24.3 Å². The van der Waals surface area contributed by atoms with Crippen molar-refractivity contribution in [3.05, 3.63) is 76.7 Å². The first-order valence-electron chi connectivity index (χ1n) is 11.8. The number of ether oxygens (including phenoxy) is 1. The Balaban J connectivity index is 1.30. The lowest BCUT2D eigenvalue weighted by Gasteiger charge is -2.29. The molecular formula is C26H22F5N3O3. The predicted molar refractivity (Wildman–Crippen MR) is 126 cm³/mol. The van der Waals surface area contributed by atoms with Crippen molar-refractivity contribution in [2.75, 3.05) is 6.54 Å². The van der Waals surface area contributed by atoms with E-state index in [2.05, 4.69) is 15.3 Å². The molecule has 1 aromatic rings. The molecule has 37 heavy (non-hydrogen) atoms. The Hall–Kier alpha value is -3.76. The molecule has 0 spiro atoms. The first kappa shape index (κ1) is 24.9. The molecule has 0 bridgehead atoms. The van der Waals surface area contributed by atoms with Crippen molar-refractivity contribution in [3.8, 4) is 0 Å². The van der Waals surface area contributed by atoms with Crippen molar-refractivity contribution in [1.29, 1.82) is 0 Å². The average Bonchev–Trinajstić information content (AvgIpc) is 3.26. The molecule has 4 aliphatic rings. The maximum Gasteiger partial charge on any atom is 0.416 e. The molecule has 11 heteroatoms. The van der Waals surface area contributed by atoms with E-state index >= 15 is 8.78 Å². The summed E-state index contributed by atoms with van der Waals surface area (Å²) in [6.45, 7) is 0.246. The number of dihydropyridines is 1. The second kappa shape index (κ2) is 9.60. The van der Waals surface area contributed by atoms with Gasteiger partial charge in [0.1, 0.15) is 23.8 Å². The number of fused-ring (bicyclic) bond motifs is 1. The molecule has 2 aliphatic carbocycles. The highest BCUT2D eigenvalue weighted by atomic mass is 19.4. The summed E-state index contributed by atoms with van der Waals surface area (Å²) in [7, 11) is 0. The summed E-state index contributed by atoms with van der Waals surface area (Å²) in [4.78, 5) is 19.1. The molecule has 194 valence electrons. The van der Waals surface area contributed by atoms with Crippen molar-refractivity contribution < 1.29 is 36.6 Å². The summed E-state index contributed by atoms with van der Waals surface area (Å²) in [6, 6.07) is 1.44. The maximum absolute atomic E-state index is 15.0. The first-order valence-corrected chi connectivity index (χ1v) is 11.8. The molecule has 1 atom stereocenters. The zero-order chi connectivity index (χ0) is 26.3. The van der Waals surface area contributed by atoms with Crippen molar-refractivity contribution in [3.63, 3.8) is 0 Å². The van der Waals surface area contributed by atoms with E-state index in [4.69, 9.17) is 9.84 Å². The minimum absolute atomic E-state index is 0.0268. The van der Waals surface area contributed by atoms with Crippen LogP contribution in [0, 0.1) is 17.6 Å². The second-order valence-corrected chi connectivity index (χ2v) is 9.21. The Morgan fingerprint density at radius 1 is 1.08 bits per heavy atom. The van der Waals surface area contributed by atoms with Crippen molar-refractivity contribution in [1.82, 2.24) is 5.32 Å². The van der Waals surface area contributed by atoms with Crippen LogP contribution in [0.1, 0.15) is 36.8 Å². The fourth-order valence-corrected chi connectivity index (χ4v) is 4.71. The number of carbonyl (C=O) groups is 1. The lowest BCUT2D eigenvalue weighted by molar-refractivity contribution is -0.143. The molecule has 1 unspecified atom stereocenters. The molecule has 6 nitrogen and oxygen atoms in total. The number of hydrogen-bond acceptors (Lipinski definition) is 5. The lowest BCUT2D eigenvalue weighted by Crippen LogP contribution is -2.29. The van der Waals surface area contributed by atoms with E-state index in [-0.39, 0.29) is 35.7 Å². The third-order valence-electron chi connectivity index (χ3n) is 6.73. The zero-order valence-corrected chi connectivity index (χ0v) is 19.4. The summed E-state index contributed by atoms with van der Waals surface area (Å²) in [6.07, 6.45) is 3.92. The summed E-state index contributed by atoms with van der Waals surface area (Å²) in [5.74, 6) is -2.79. The number of rotatable bonds is 5. The number of carboxylic acids is 1. The van der Waals surface area contributed by atoms with Crippen LogP contribution in [0.5, 0.6) is 0 Å². The molecule has 2 N–H and O–H groups in total. The zero-order valence-electron chi connectivity index (χ0n) is 19.4. The van der Waals surface area contributed by atoms with Gasteiger partial charge in [-0.3, -0.25) is 9.79 Å². The SMILES string of the molecule is O=C(O)C1CCC(OC2=CC=C(c3cc(F)c(C4=NC5C=CC(C(F)(F)F)=CC5=N4)c(F)c3)CN2)CC1. The molecular weight excluding hydrogens is 497 g/mol. The van der Waals surface area contributed by atoms with Gasteiger partial charge in [-0.1, -0.05) is 18.2 Å². The van der Waals surface area contributed by atoms with Gasteiger partial charge >= 0.3 is 12.1 Å². The fraction of sp³-hybridized carbons (Fsp3) is 0.346. The number of alkyl halides is 3. The minimum atomic E-state index is -4.56. The van der Waals surface area contributed by atoms with Gasteiger partial charge in [0.2, 0.25) is 0 Å². The van der Waals surface area contributed by atoms with Gasteiger partial charge in [0.05, 0.1) is 22.8 Å². The molecule has 0 aromatic heterocycles. The van der Waals surface area contributed by atoms with Crippen LogP contribution in [0.25, 0.3) is 5.57 Å². The Morgan fingerprint density at radius 3 is 2.38 bits per heavy atom.